The number of hydrogen-bond acceptors (Lipinski definition) is 1. The van der Waals surface area contributed by atoms with E-state index in [1.807, 2.05) is 71.6 Å². The molecule has 0 radical (unpaired) electrons. The summed E-state index contributed by atoms with van der Waals surface area (Å²) in [7, 11) is 0. The Hall–Kier alpha value is -2.87. The van der Waals surface area contributed by atoms with E-state index in [1.54, 1.807) is 0 Å². The van der Waals surface area contributed by atoms with Crippen LogP contribution in [0.25, 0.3) is 0 Å². The molecule has 3 aromatic carbocycles. The molecular weight excluding hydrogens is 330 g/mol. The Morgan fingerprint density at radius 3 is 1.48 bits per heavy atom. The van der Waals surface area contributed by atoms with Crippen molar-refractivity contribution in [3.8, 4) is 0 Å². The van der Waals surface area contributed by atoms with E-state index in [9.17, 15) is 4.79 Å². The molecule has 2 nitrogen and oxygen atoms in total. The molecule has 0 heterocycles. The highest BCUT2D eigenvalue weighted by Crippen LogP contribution is 2.37. The Morgan fingerprint density at radius 2 is 1.04 bits per heavy atom. The third-order valence-corrected chi connectivity index (χ3v) is 4.82. The summed E-state index contributed by atoms with van der Waals surface area (Å²) in [6.07, 6.45) is 0. The molecule has 0 spiro atoms. The number of hydrogen-bond donors (Lipinski definition) is 0. The van der Waals surface area contributed by atoms with Crippen LogP contribution in [-0.4, -0.2) is 5.91 Å². The van der Waals surface area contributed by atoms with Gasteiger partial charge in [0.2, 0.25) is 0 Å². The number of rotatable bonds is 5. The lowest BCUT2D eigenvalue weighted by atomic mass is 9.96. The Kier molecular flexibility index (Phi) is 5.75. The Balaban J connectivity index is 2.25. The van der Waals surface area contributed by atoms with Crippen LogP contribution in [0.2, 0.25) is 0 Å². The van der Waals surface area contributed by atoms with Gasteiger partial charge in [-0.25, -0.2) is 0 Å². The van der Waals surface area contributed by atoms with Gasteiger partial charge in [-0.15, -0.1) is 0 Å². The lowest BCUT2D eigenvalue weighted by Gasteiger charge is -2.29. The minimum atomic E-state index is -0.00296. The predicted octanol–water partition coefficient (Wildman–Crippen LogP) is 6.91. The predicted molar refractivity (Wildman–Crippen MR) is 114 cm³/mol. The average molecular weight is 357 g/mol. The lowest BCUT2D eigenvalue weighted by Crippen LogP contribution is -2.28. The molecule has 0 bridgehead atoms. The molecule has 0 unspecified atom stereocenters. The molecule has 3 aromatic rings. The van der Waals surface area contributed by atoms with Crippen molar-refractivity contribution in [3.05, 3.63) is 95.6 Å². The van der Waals surface area contributed by atoms with Gasteiger partial charge < -0.3 is 0 Å². The summed E-state index contributed by atoms with van der Waals surface area (Å²) in [5.41, 5.74) is 4.93. The van der Waals surface area contributed by atoms with E-state index in [0.717, 1.165) is 11.4 Å². The van der Waals surface area contributed by atoms with Gasteiger partial charge in [-0.2, -0.15) is 0 Å². The summed E-state index contributed by atoms with van der Waals surface area (Å²) < 4.78 is 0. The molecule has 2 heteroatoms. The van der Waals surface area contributed by atoms with Crippen LogP contribution in [0.1, 0.15) is 61.0 Å². The number of amides is 1. The third kappa shape index (κ3) is 3.95. The van der Waals surface area contributed by atoms with Crippen LogP contribution in [0.5, 0.6) is 0 Å². The molecule has 0 N–H and O–H groups in total. The van der Waals surface area contributed by atoms with Gasteiger partial charge in [-0.1, -0.05) is 82.3 Å². The first-order valence-electron chi connectivity index (χ1n) is 9.58. The maximum absolute atomic E-state index is 13.6. The molecule has 0 atom stereocenters. The molecule has 27 heavy (non-hydrogen) atoms. The van der Waals surface area contributed by atoms with Crippen molar-refractivity contribution in [1.29, 1.82) is 0 Å². The van der Waals surface area contributed by atoms with Crippen LogP contribution in [0.3, 0.4) is 0 Å². The Bertz CT molecular complexity index is 861. The number of nitrogens with zero attached hydrogens (tertiary/aromatic N) is 1. The largest absolute Gasteiger partial charge is 0.276 e. The van der Waals surface area contributed by atoms with Crippen LogP contribution >= 0.6 is 0 Å². The molecule has 3 rings (SSSR count). The molecule has 1 amide bonds. The smallest absolute Gasteiger partial charge is 0.262 e. The summed E-state index contributed by atoms with van der Waals surface area (Å²) >= 11 is 0. The number of carbonyl (C=O) groups excluding carboxylic acids is 1. The highest BCUT2D eigenvalue weighted by atomic mass is 16.2. The first-order chi connectivity index (χ1) is 13.0. The zero-order chi connectivity index (χ0) is 19.4. The number of para-hydroxylation sites is 2. The first-order valence-corrected chi connectivity index (χ1v) is 9.58. The topological polar surface area (TPSA) is 20.3 Å². The normalized spacial score (nSPS) is 11.0. The van der Waals surface area contributed by atoms with Gasteiger partial charge in [-0.05, 0) is 47.2 Å². The molecule has 0 aliphatic rings. The maximum atomic E-state index is 13.6. The molecule has 0 saturated heterocycles. The van der Waals surface area contributed by atoms with Crippen molar-refractivity contribution in [2.45, 2.75) is 39.5 Å². The average Bonchev–Trinajstić information content (AvgIpc) is 2.69. The van der Waals surface area contributed by atoms with Crippen LogP contribution in [0.15, 0.2) is 78.9 Å². The van der Waals surface area contributed by atoms with Gasteiger partial charge >= 0.3 is 0 Å². The highest BCUT2D eigenvalue weighted by molar-refractivity contribution is 6.11. The summed E-state index contributed by atoms with van der Waals surface area (Å²) in [5.74, 6) is 0.633. The first kappa shape index (κ1) is 18.9. The second kappa shape index (κ2) is 8.22. The zero-order valence-electron chi connectivity index (χ0n) is 16.5. The Morgan fingerprint density at radius 1 is 0.630 bits per heavy atom. The van der Waals surface area contributed by atoms with Crippen molar-refractivity contribution >= 4 is 17.3 Å². The van der Waals surface area contributed by atoms with Crippen LogP contribution in [0.4, 0.5) is 11.4 Å². The van der Waals surface area contributed by atoms with Crippen molar-refractivity contribution in [2.75, 3.05) is 4.90 Å². The lowest BCUT2D eigenvalue weighted by molar-refractivity contribution is 0.0999. The fourth-order valence-electron chi connectivity index (χ4n) is 3.42. The monoisotopic (exact) mass is 357 g/mol. The molecule has 0 aliphatic carbocycles. The summed E-state index contributed by atoms with van der Waals surface area (Å²) in [4.78, 5) is 15.5. The zero-order valence-corrected chi connectivity index (χ0v) is 16.5. The Labute approximate surface area is 162 Å². The maximum Gasteiger partial charge on any atom is 0.262 e. The van der Waals surface area contributed by atoms with Crippen LogP contribution in [0, 0.1) is 0 Å². The van der Waals surface area contributed by atoms with E-state index >= 15 is 0 Å². The van der Waals surface area contributed by atoms with Gasteiger partial charge in [0.25, 0.3) is 5.91 Å². The SMILES string of the molecule is CC(C)c1ccccc1N(C(=O)c1ccccc1)c1ccccc1C(C)C. The van der Waals surface area contributed by atoms with E-state index < -0.39 is 0 Å². The quantitative estimate of drug-likeness (QED) is 0.486. The van der Waals surface area contributed by atoms with Gasteiger partial charge in [0.05, 0.1) is 11.4 Å². The number of benzene rings is 3. The molecule has 0 aromatic heterocycles. The summed E-state index contributed by atoms with van der Waals surface area (Å²) in [6, 6.07) is 25.9. The van der Waals surface area contributed by atoms with Crippen LogP contribution < -0.4 is 4.90 Å². The fourth-order valence-corrected chi connectivity index (χ4v) is 3.42. The van der Waals surface area contributed by atoms with Gasteiger partial charge in [0, 0.05) is 5.56 Å². The van der Waals surface area contributed by atoms with E-state index in [2.05, 4.69) is 39.8 Å². The van der Waals surface area contributed by atoms with Crippen molar-refractivity contribution in [1.82, 2.24) is 0 Å². The fraction of sp³-hybridized carbons (Fsp3) is 0.240. The molecule has 0 saturated carbocycles. The van der Waals surface area contributed by atoms with Crippen LogP contribution in [-0.2, 0) is 0 Å². The molecular formula is C25H27NO. The standard InChI is InChI=1S/C25H27NO/c1-18(2)21-14-8-10-16-23(21)26(25(27)20-12-6-5-7-13-20)24-17-11-9-15-22(24)19(3)4/h5-19H,1-4H3. The number of anilines is 2. The van der Waals surface area contributed by atoms with Crippen molar-refractivity contribution in [3.63, 3.8) is 0 Å². The minimum Gasteiger partial charge on any atom is -0.276 e. The molecule has 0 aliphatic heterocycles. The summed E-state index contributed by atoms with van der Waals surface area (Å²) in [6.45, 7) is 8.66. The van der Waals surface area contributed by atoms with Gasteiger partial charge in [0.15, 0.2) is 0 Å². The van der Waals surface area contributed by atoms with Gasteiger partial charge in [0.1, 0.15) is 0 Å². The highest BCUT2D eigenvalue weighted by Gasteiger charge is 2.25. The van der Waals surface area contributed by atoms with Gasteiger partial charge in [-0.3, -0.25) is 9.69 Å². The van der Waals surface area contributed by atoms with E-state index in [1.165, 1.54) is 11.1 Å². The molecule has 0 fully saturated rings. The minimum absolute atomic E-state index is 0.00296. The van der Waals surface area contributed by atoms with E-state index in [4.69, 9.17) is 0 Å². The van der Waals surface area contributed by atoms with Crippen molar-refractivity contribution < 1.29 is 4.79 Å². The second-order valence-corrected chi connectivity index (χ2v) is 7.43. The van der Waals surface area contributed by atoms with E-state index in [-0.39, 0.29) is 5.91 Å². The molecule has 138 valence electrons. The van der Waals surface area contributed by atoms with Crippen molar-refractivity contribution in [2.24, 2.45) is 0 Å². The van der Waals surface area contributed by atoms with E-state index in [0.29, 0.717) is 17.4 Å². The number of carbonyl (C=O) groups is 1. The third-order valence-electron chi connectivity index (χ3n) is 4.82. The second-order valence-electron chi connectivity index (χ2n) is 7.43. The summed E-state index contributed by atoms with van der Waals surface area (Å²) in [5, 5.41) is 0.